The summed E-state index contributed by atoms with van der Waals surface area (Å²) in [5, 5.41) is 0. The Kier molecular flexibility index (Phi) is 9.67. The fourth-order valence-electron chi connectivity index (χ4n) is 9.62. The number of alkyl halides is 1. The normalized spacial score (nSPS) is 36.3. The van der Waals surface area contributed by atoms with Crippen molar-refractivity contribution in [3.63, 3.8) is 0 Å². The van der Waals surface area contributed by atoms with Crippen LogP contribution >= 0.6 is 15.9 Å². The molecule has 0 aromatic heterocycles. The van der Waals surface area contributed by atoms with Gasteiger partial charge in [0.25, 0.3) is 0 Å². The number of ether oxygens (including phenoxy) is 1. The van der Waals surface area contributed by atoms with Gasteiger partial charge in [0, 0.05) is 6.42 Å². The van der Waals surface area contributed by atoms with E-state index in [2.05, 4.69) is 54.9 Å². The number of esters is 1. The third-order valence-corrected chi connectivity index (χ3v) is 12.7. The van der Waals surface area contributed by atoms with Gasteiger partial charge in [-0.1, -0.05) is 117 Å². The first-order valence-corrected chi connectivity index (χ1v) is 17.3. The lowest BCUT2D eigenvalue weighted by Crippen LogP contribution is -2.50. The zero-order valence-electron chi connectivity index (χ0n) is 24.9. The summed E-state index contributed by atoms with van der Waals surface area (Å²) >= 11 is 3.61. The van der Waals surface area contributed by atoms with Gasteiger partial charge >= 0.3 is 5.97 Å². The van der Waals surface area contributed by atoms with Gasteiger partial charge in [-0.05, 0) is 97.9 Å². The van der Waals surface area contributed by atoms with E-state index >= 15 is 0 Å². The fourth-order valence-corrected chi connectivity index (χ4v) is 10.1. The SMILES string of the molecule is CCCCCCCCC1CCC2C3CC=C4C[C@@H](OC(=O)C(Br)Cc5ccccc5)CC[C@]4(C)C3CC[C@]12C. The van der Waals surface area contributed by atoms with Crippen LogP contribution in [0.5, 0.6) is 0 Å². The first-order valence-electron chi connectivity index (χ1n) is 16.4. The van der Waals surface area contributed by atoms with Crippen LogP contribution < -0.4 is 0 Å². The maximum Gasteiger partial charge on any atom is 0.320 e. The van der Waals surface area contributed by atoms with Crippen LogP contribution in [-0.4, -0.2) is 16.9 Å². The lowest BCUT2D eigenvalue weighted by Gasteiger charge is -2.58. The molecule has 0 amide bonds. The summed E-state index contributed by atoms with van der Waals surface area (Å²) in [6.45, 7) is 7.57. The van der Waals surface area contributed by atoms with Crippen LogP contribution in [0.1, 0.15) is 123 Å². The Morgan fingerprint density at radius 2 is 1.74 bits per heavy atom. The van der Waals surface area contributed by atoms with Gasteiger partial charge in [0.1, 0.15) is 10.9 Å². The first kappa shape index (κ1) is 29.4. The molecule has 1 aromatic carbocycles. The Hall–Kier alpha value is -1.09. The predicted molar refractivity (Wildman–Crippen MR) is 166 cm³/mol. The largest absolute Gasteiger partial charge is 0.461 e. The number of rotatable bonds is 11. The number of carbonyl (C=O) groups excluding carboxylic acids is 1. The van der Waals surface area contributed by atoms with Crippen LogP contribution in [0.2, 0.25) is 0 Å². The van der Waals surface area contributed by atoms with Crippen molar-refractivity contribution in [3.8, 4) is 0 Å². The molecule has 1 aromatic rings. The van der Waals surface area contributed by atoms with Crippen molar-refractivity contribution < 1.29 is 9.53 Å². The smallest absolute Gasteiger partial charge is 0.320 e. The number of fused-ring (bicyclic) bond motifs is 5. The number of benzene rings is 1. The van der Waals surface area contributed by atoms with Gasteiger partial charge in [-0.25, -0.2) is 0 Å². The minimum Gasteiger partial charge on any atom is -0.461 e. The van der Waals surface area contributed by atoms with Crippen molar-refractivity contribution in [1.82, 2.24) is 0 Å². The van der Waals surface area contributed by atoms with Gasteiger partial charge in [0.2, 0.25) is 0 Å². The van der Waals surface area contributed by atoms with Gasteiger partial charge in [-0.2, -0.15) is 0 Å². The molecule has 0 heterocycles. The molecule has 3 heteroatoms. The molecule has 0 aliphatic heterocycles. The standard InChI is InChI=1S/C36H53BrO2/c1-4-5-6-7-8-12-15-27-17-19-31-30-18-16-28-25-29(20-22-36(28,3)32(30)21-23-35(27,31)2)39-34(38)33(37)24-26-13-10-9-11-14-26/h9-11,13-14,16,27,29-33H,4-8,12,15,17-25H2,1-3H3/t27?,29-,30?,31?,32?,33?,35+,36-/m0/s1. The van der Waals surface area contributed by atoms with E-state index in [1.165, 1.54) is 89.0 Å². The van der Waals surface area contributed by atoms with Crippen LogP contribution in [0.4, 0.5) is 0 Å². The monoisotopic (exact) mass is 596 g/mol. The van der Waals surface area contributed by atoms with Crippen molar-refractivity contribution in [2.24, 2.45) is 34.5 Å². The van der Waals surface area contributed by atoms with E-state index in [0.717, 1.165) is 36.5 Å². The first-order chi connectivity index (χ1) is 18.8. The van der Waals surface area contributed by atoms with E-state index in [-0.39, 0.29) is 16.9 Å². The van der Waals surface area contributed by atoms with E-state index in [9.17, 15) is 4.79 Å². The third-order valence-electron chi connectivity index (χ3n) is 12.0. The summed E-state index contributed by atoms with van der Waals surface area (Å²) in [6.07, 6.45) is 23.5. The highest BCUT2D eigenvalue weighted by Gasteiger charge is 2.58. The van der Waals surface area contributed by atoms with E-state index in [1.807, 2.05) is 18.2 Å². The van der Waals surface area contributed by atoms with Gasteiger partial charge in [-0.3, -0.25) is 4.79 Å². The van der Waals surface area contributed by atoms with Crippen LogP contribution in [0, 0.1) is 34.5 Å². The highest BCUT2D eigenvalue weighted by Crippen LogP contribution is 2.66. The molecule has 0 saturated heterocycles. The van der Waals surface area contributed by atoms with Crippen molar-refractivity contribution >= 4 is 21.9 Å². The summed E-state index contributed by atoms with van der Waals surface area (Å²) in [5.74, 6) is 3.46. The highest BCUT2D eigenvalue weighted by atomic mass is 79.9. The second-order valence-corrected chi connectivity index (χ2v) is 15.2. The van der Waals surface area contributed by atoms with Crippen LogP contribution in [-0.2, 0) is 16.0 Å². The Morgan fingerprint density at radius 1 is 0.974 bits per heavy atom. The molecule has 216 valence electrons. The molecule has 0 radical (unpaired) electrons. The second kappa shape index (κ2) is 12.8. The summed E-state index contributed by atoms with van der Waals surface area (Å²) in [4.78, 5) is 12.6. The zero-order valence-corrected chi connectivity index (χ0v) is 26.5. The molecule has 4 aliphatic carbocycles. The Morgan fingerprint density at radius 3 is 2.54 bits per heavy atom. The van der Waals surface area contributed by atoms with E-state index in [0.29, 0.717) is 17.3 Å². The third kappa shape index (κ3) is 6.24. The van der Waals surface area contributed by atoms with Crippen LogP contribution in [0.3, 0.4) is 0 Å². The van der Waals surface area contributed by atoms with E-state index in [1.54, 1.807) is 5.57 Å². The number of carbonyl (C=O) groups is 1. The molecule has 0 N–H and O–H groups in total. The molecule has 4 aliphatic rings. The van der Waals surface area contributed by atoms with Crippen molar-refractivity contribution in [2.75, 3.05) is 0 Å². The van der Waals surface area contributed by atoms with Gasteiger partial charge < -0.3 is 4.74 Å². The summed E-state index contributed by atoms with van der Waals surface area (Å²) in [7, 11) is 0. The van der Waals surface area contributed by atoms with Crippen LogP contribution in [0.25, 0.3) is 0 Å². The number of allylic oxidation sites excluding steroid dienone is 1. The van der Waals surface area contributed by atoms with Gasteiger partial charge in [0.15, 0.2) is 0 Å². The summed E-state index contributed by atoms with van der Waals surface area (Å²) < 4.78 is 6.10. The zero-order chi connectivity index (χ0) is 27.5. The Labute approximate surface area is 247 Å². The highest BCUT2D eigenvalue weighted by molar-refractivity contribution is 9.10. The quantitative estimate of drug-likeness (QED) is 0.110. The molecule has 3 fully saturated rings. The molecule has 8 atom stereocenters. The van der Waals surface area contributed by atoms with E-state index in [4.69, 9.17) is 4.74 Å². The Balaban J connectivity index is 1.16. The average molecular weight is 598 g/mol. The van der Waals surface area contributed by atoms with Crippen molar-refractivity contribution in [3.05, 3.63) is 47.5 Å². The maximum absolute atomic E-state index is 12.9. The van der Waals surface area contributed by atoms with E-state index < -0.39 is 0 Å². The molecule has 0 bridgehead atoms. The topological polar surface area (TPSA) is 26.3 Å². The maximum atomic E-state index is 12.9. The molecule has 39 heavy (non-hydrogen) atoms. The fraction of sp³-hybridized carbons (Fsp3) is 0.750. The van der Waals surface area contributed by atoms with Crippen molar-refractivity contribution in [1.29, 1.82) is 0 Å². The second-order valence-electron chi connectivity index (χ2n) is 14.1. The number of hydrogen-bond donors (Lipinski definition) is 0. The van der Waals surface area contributed by atoms with Gasteiger partial charge in [0.05, 0.1) is 0 Å². The minimum absolute atomic E-state index is 0.0336. The Bertz CT molecular complexity index is 987. The molecular weight excluding hydrogens is 544 g/mol. The molecule has 5 rings (SSSR count). The summed E-state index contributed by atoms with van der Waals surface area (Å²) in [6, 6.07) is 10.2. The van der Waals surface area contributed by atoms with Gasteiger partial charge in [-0.15, -0.1) is 0 Å². The van der Waals surface area contributed by atoms with Crippen molar-refractivity contribution in [2.45, 2.75) is 134 Å². The number of halogens is 1. The molecule has 5 unspecified atom stereocenters. The average Bonchev–Trinajstić information content (AvgIpc) is 3.27. The summed E-state index contributed by atoms with van der Waals surface area (Å²) in [5.41, 5.74) is 3.65. The predicted octanol–water partition coefficient (Wildman–Crippen LogP) is 10.2. The number of unbranched alkanes of at least 4 members (excludes halogenated alkanes) is 5. The molecular formula is C36H53BrO2. The number of hydrogen-bond acceptors (Lipinski definition) is 2. The molecule has 3 saturated carbocycles. The minimum atomic E-state index is -0.277. The lowest BCUT2D eigenvalue weighted by atomic mass is 9.47. The lowest BCUT2D eigenvalue weighted by molar-refractivity contribution is -0.150. The molecule has 0 spiro atoms. The van der Waals surface area contributed by atoms with Crippen LogP contribution in [0.15, 0.2) is 42.0 Å². The molecule has 2 nitrogen and oxygen atoms in total.